The second-order valence-electron chi connectivity index (χ2n) is 6.69. The Bertz CT molecular complexity index is 671. The molecular formula is C18H22N2O2S. The van der Waals surface area contributed by atoms with Gasteiger partial charge in [0.25, 0.3) is 0 Å². The molecule has 4 nitrogen and oxygen atoms in total. The molecule has 1 fully saturated rings. The summed E-state index contributed by atoms with van der Waals surface area (Å²) in [5.41, 5.74) is 1.90. The van der Waals surface area contributed by atoms with Crippen LogP contribution in [0.4, 0.5) is 0 Å². The first-order valence-electron chi connectivity index (χ1n) is 7.98. The second-order valence-corrected chi connectivity index (χ2v) is 7.63. The highest BCUT2D eigenvalue weighted by molar-refractivity contribution is 7.09. The van der Waals surface area contributed by atoms with Crippen molar-refractivity contribution in [1.29, 1.82) is 0 Å². The van der Waals surface area contributed by atoms with Gasteiger partial charge in [-0.2, -0.15) is 0 Å². The van der Waals surface area contributed by atoms with Crippen molar-refractivity contribution in [3.8, 4) is 0 Å². The van der Waals surface area contributed by atoms with Gasteiger partial charge >= 0.3 is 5.97 Å². The van der Waals surface area contributed by atoms with Gasteiger partial charge in [0.1, 0.15) is 5.01 Å². The molecule has 1 aliphatic heterocycles. The van der Waals surface area contributed by atoms with Crippen molar-refractivity contribution < 1.29 is 9.90 Å². The Morgan fingerprint density at radius 3 is 2.87 bits per heavy atom. The zero-order valence-corrected chi connectivity index (χ0v) is 14.2. The SMILES string of the molecule is CC1(CCc2ccccc2)CCN(Cc2nc(C(=O)O)cs2)C1. The molecule has 1 unspecified atom stereocenters. The van der Waals surface area contributed by atoms with Crippen LogP contribution in [-0.2, 0) is 13.0 Å². The summed E-state index contributed by atoms with van der Waals surface area (Å²) in [7, 11) is 0. The molecule has 1 saturated heterocycles. The van der Waals surface area contributed by atoms with Crippen LogP contribution in [0.1, 0.15) is 40.8 Å². The Morgan fingerprint density at radius 1 is 1.39 bits per heavy atom. The first-order chi connectivity index (χ1) is 11.0. The van der Waals surface area contributed by atoms with Gasteiger partial charge in [-0.05, 0) is 36.8 Å². The maximum atomic E-state index is 10.9. The highest BCUT2D eigenvalue weighted by Crippen LogP contribution is 2.35. The third kappa shape index (κ3) is 4.18. The molecule has 0 radical (unpaired) electrons. The summed E-state index contributed by atoms with van der Waals surface area (Å²) >= 11 is 1.44. The van der Waals surface area contributed by atoms with E-state index in [0.717, 1.165) is 31.1 Å². The van der Waals surface area contributed by atoms with Crippen molar-refractivity contribution in [2.75, 3.05) is 13.1 Å². The van der Waals surface area contributed by atoms with Crippen molar-refractivity contribution in [3.05, 3.63) is 52.0 Å². The van der Waals surface area contributed by atoms with Crippen LogP contribution in [0.2, 0.25) is 0 Å². The monoisotopic (exact) mass is 330 g/mol. The van der Waals surface area contributed by atoms with Crippen LogP contribution in [0.25, 0.3) is 0 Å². The molecule has 1 aromatic carbocycles. The number of rotatable bonds is 6. The van der Waals surface area contributed by atoms with Crippen LogP contribution in [0, 0.1) is 5.41 Å². The fraction of sp³-hybridized carbons (Fsp3) is 0.444. The number of likely N-dealkylation sites (tertiary alicyclic amines) is 1. The van der Waals surface area contributed by atoms with Gasteiger partial charge in [-0.1, -0.05) is 37.3 Å². The Balaban J connectivity index is 1.53. The molecule has 0 saturated carbocycles. The summed E-state index contributed by atoms with van der Waals surface area (Å²) in [5.74, 6) is -0.943. The van der Waals surface area contributed by atoms with Crippen LogP contribution in [0.3, 0.4) is 0 Å². The lowest BCUT2D eigenvalue weighted by Crippen LogP contribution is -2.25. The average molecular weight is 330 g/mol. The third-order valence-electron chi connectivity index (χ3n) is 4.63. The number of carboxylic acids is 1. The lowest BCUT2D eigenvalue weighted by Gasteiger charge is -2.24. The normalized spacial score (nSPS) is 21.6. The van der Waals surface area contributed by atoms with Crippen LogP contribution >= 0.6 is 11.3 Å². The molecule has 5 heteroatoms. The molecule has 2 aromatic rings. The van der Waals surface area contributed by atoms with Crippen LogP contribution in [0.15, 0.2) is 35.7 Å². The molecule has 2 heterocycles. The van der Waals surface area contributed by atoms with Crippen molar-refractivity contribution in [2.45, 2.75) is 32.7 Å². The standard InChI is InChI=1S/C18H22N2O2S/c1-18(8-7-14-5-3-2-4-6-14)9-10-20(13-18)11-16-19-15(12-23-16)17(21)22/h2-6,12H,7-11,13H2,1H3,(H,21,22). The maximum absolute atomic E-state index is 10.9. The summed E-state index contributed by atoms with van der Waals surface area (Å²) in [4.78, 5) is 17.5. The number of carboxylic acid groups (broad SMARTS) is 1. The minimum absolute atomic E-state index is 0.163. The first-order valence-corrected chi connectivity index (χ1v) is 8.86. The molecule has 3 rings (SSSR count). The summed E-state index contributed by atoms with van der Waals surface area (Å²) < 4.78 is 0. The quantitative estimate of drug-likeness (QED) is 0.878. The minimum Gasteiger partial charge on any atom is -0.476 e. The largest absolute Gasteiger partial charge is 0.476 e. The van der Waals surface area contributed by atoms with Gasteiger partial charge in [0.05, 0.1) is 6.54 Å². The molecule has 1 N–H and O–H groups in total. The molecular weight excluding hydrogens is 308 g/mol. The van der Waals surface area contributed by atoms with Crippen molar-refractivity contribution in [1.82, 2.24) is 9.88 Å². The van der Waals surface area contributed by atoms with E-state index >= 15 is 0 Å². The fourth-order valence-electron chi connectivity index (χ4n) is 3.23. The third-order valence-corrected chi connectivity index (χ3v) is 5.46. The van der Waals surface area contributed by atoms with E-state index < -0.39 is 5.97 Å². The number of thiazole rings is 1. The molecule has 0 amide bonds. The van der Waals surface area contributed by atoms with E-state index in [2.05, 4.69) is 47.1 Å². The number of nitrogens with zero attached hydrogens (tertiary/aromatic N) is 2. The van der Waals surface area contributed by atoms with Crippen LogP contribution < -0.4 is 0 Å². The Kier molecular flexibility index (Phi) is 4.78. The molecule has 1 aromatic heterocycles. The highest BCUT2D eigenvalue weighted by Gasteiger charge is 2.33. The summed E-state index contributed by atoms with van der Waals surface area (Å²) in [6, 6.07) is 10.6. The molecule has 0 bridgehead atoms. The zero-order chi connectivity index (χ0) is 16.3. The number of hydrogen-bond acceptors (Lipinski definition) is 4. The molecule has 122 valence electrons. The number of hydrogen-bond donors (Lipinski definition) is 1. The van der Waals surface area contributed by atoms with Gasteiger partial charge in [-0.25, -0.2) is 9.78 Å². The Hall–Kier alpha value is -1.72. The van der Waals surface area contributed by atoms with E-state index in [9.17, 15) is 4.79 Å². The van der Waals surface area contributed by atoms with Crippen molar-refractivity contribution in [3.63, 3.8) is 0 Å². The fourth-order valence-corrected chi connectivity index (χ4v) is 4.04. The summed E-state index contributed by atoms with van der Waals surface area (Å²) in [5, 5.41) is 11.5. The number of aromatic nitrogens is 1. The number of aryl methyl sites for hydroxylation is 1. The first kappa shape index (κ1) is 16.1. The van der Waals surface area contributed by atoms with E-state index in [4.69, 9.17) is 5.11 Å². The van der Waals surface area contributed by atoms with E-state index in [1.165, 1.54) is 29.7 Å². The van der Waals surface area contributed by atoms with Gasteiger partial charge in [-0.15, -0.1) is 11.3 Å². The lowest BCUT2D eigenvalue weighted by atomic mass is 9.83. The van der Waals surface area contributed by atoms with E-state index in [1.54, 1.807) is 5.38 Å². The van der Waals surface area contributed by atoms with Gasteiger partial charge in [0.2, 0.25) is 0 Å². The molecule has 1 aliphatic rings. The predicted molar refractivity (Wildman–Crippen MR) is 91.8 cm³/mol. The predicted octanol–water partition coefficient (Wildman–Crippen LogP) is 3.69. The van der Waals surface area contributed by atoms with Crippen molar-refractivity contribution >= 4 is 17.3 Å². The Labute approximate surface area is 140 Å². The molecule has 1 atom stereocenters. The number of benzene rings is 1. The van der Waals surface area contributed by atoms with Gasteiger partial charge in [-0.3, -0.25) is 4.90 Å². The highest BCUT2D eigenvalue weighted by atomic mass is 32.1. The average Bonchev–Trinajstić information content (AvgIpc) is 3.15. The molecule has 23 heavy (non-hydrogen) atoms. The Morgan fingerprint density at radius 2 is 2.17 bits per heavy atom. The zero-order valence-electron chi connectivity index (χ0n) is 13.4. The molecule has 0 aliphatic carbocycles. The van der Waals surface area contributed by atoms with Gasteiger partial charge < -0.3 is 5.11 Å². The van der Waals surface area contributed by atoms with E-state index in [0.29, 0.717) is 5.41 Å². The van der Waals surface area contributed by atoms with Crippen LogP contribution in [-0.4, -0.2) is 34.0 Å². The number of carbonyl (C=O) groups is 1. The smallest absolute Gasteiger partial charge is 0.355 e. The molecule has 0 spiro atoms. The van der Waals surface area contributed by atoms with Gasteiger partial charge in [0.15, 0.2) is 5.69 Å². The van der Waals surface area contributed by atoms with Crippen LogP contribution in [0.5, 0.6) is 0 Å². The lowest BCUT2D eigenvalue weighted by molar-refractivity contribution is 0.0691. The second kappa shape index (κ2) is 6.81. The van der Waals surface area contributed by atoms with E-state index in [-0.39, 0.29) is 5.69 Å². The van der Waals surface area contributed by atoms with Gasteiger partial charge in [0, 0.05) is 11.9 Å². The summed E-state index contributed by atoms with van der Waals surface area (Å²) in [6.07, 6.45) is 3.49. The number of aromatic carboxylic acids is 1. The summed E-state index contributed by atoms with van der Waals surface area (Å²) in [6.45, 7) is 5.24. The maximum Gasteiger partial charge on any atom is 0.355 e. The minimum atomic E-state index is -0.943. The van der Waals surface area contributed by atoms with E-state index in [1.807, 2.05) is 0 Å². The topological polar surface area (TPSA) is 53.4 Å². The van der Waals surface area contributed by atoms with Crippen molar-refractivity contribution in [2.24, 2.45) is 5.41 Å².